The molecule has 1 saturated heterocycles. The van der Waals surface area contributed by atoms with Crippen molar-refractivity contribution in [2.45, 2.75) is 13.0 Å². The molecule has 1 atom stereocenters. The molecule has 0 amide bonds. The predicted octanol–water partition coefficient (Wildman–Crippen LogP) is 2.25. The van der Waals surface area contributed by atoms with E-state index in [0.29, 0.717) is 17.6 Å². The number of nitrogens with zero attached hydrogens (tertiary/aromatic N) is 4. The van der Waals surface area contributed by atoms with Crippen LogP contribution in [0.2, 0.25) is 0 Å². The number of thioether (sulfide) groups is 1. The van der Waals surface area contributed by atoms with E-state index in [1.54, 1.807) is 19.4 Å². The summed E-state index contributed by atoms with van der Waals surface area (Å²) >= 11 is 1.99. The van der Waals surface area contributed by atoms with Crippen LogP contribution in [0.15, 0.2) is 22.9 Å². The summed E-state index contributed by atoms with van der Waals surface area (Å²) in [6.07, 6.45) is 1.68. The van der Waals surface area contributed by atoms with Gasteiger partial charge in [-0.15, -0.1) is 0 Å². The molecule has 0 aromatic carbocycles. The van der Waals surface area contributed by atoms with E-state index >= 15 is 0 Å². The number of hydrogen-bond acceptors (Lipinski definition) is 7. The summed E-state index contributed by atoms with van der Waals surface area (Å²) in [5.41, 5.74) is 0.846. The van der Waals surface area contributed by atoms with Crippen LogP contribution in [0.3, 0.4) is 0 Å². The lowest BCUT2D eigenvalue weighted by Gasteiger charge is -2.29. The smallest absolute Gasteiger partial charge is 0.244 e. The fraction of sp³-hybridized carbons (Fsp3) is 0.500. The van der Waals surface area contributed by atoms with Crippen molar-refractivity contribution in [1.29, 1.82) is 0 Å². The van der Waals surface area contributed by atoms with Gasteiger partial charge in [-0.2, -0.15) is 16.7 Å². The van der Waals surface area contributed by atoms with Gasteiger partial charge in [-0.1, -0.05) is 5.16 Å². The predicted molar refractivity (Wildman–Crippen MR) is 81.4 cm³/mol. The standard InChI is InChI=1S/C14H18N4O2S/c1-10(18-5-7-21-8-6-18)14-16-13(17-20-14)11-3-4-15-12(9-11)19-2/h3-4,9-10H,5-8H2,1-2H3/t10-/m0/s1. The van der Waals surface area contributed by atoms with Crippen molar-refractivity contribution in [2.75, 3.05) is 31.7 Å². The molecule has 3 rings (SSSR count). The molecule has 21 heavy (non-hydrogen) atoms. The molecule has 2 aromatic rings. The number of hydrogen-bond donors (Lipinski definition) is 0. The van der Waals surface area contributed by atoms with Gasteiger partial charge >= 0.3 is 0 Å². The number of rotatable bonds is 4. The van der Waals surface area contributed by atoms with Crippen LogP contribution < -0.4 is 4.74 Å². The van der Waals surface area contributed by atoms with Gasteiger partial charge in [0.05, 0.1) is 13.2 Å². The number of ether oxygens (including phenoxy) is 1. The van der Waals surface area contributed by atoms with E-state index < -0.39 is 0 Å². The minimum atomic E-state index is 0.149. The number of aromatic nitrogens is 3. The Hall–Kier alpha value is -1.60. The van der Waals surface area contributed by atoms with Crippen LogP contribution in [0.25, 0.3) is 11.4 Å². The molecule has 0 spiro atoms. The van der Waals surface area contributed by atoms with Gasteiger partial charge in [0.2, 0.25) is 17.6 Å². The van der Waals surface area contributed by atoms with Crippen molar-refractivity contribution in [2.24, 2.45) is 0 Å². The first kappa shape index (κ1) is 14.3. The van der Waals surface area contributed by atoms with Gasteiger partial charge in [-0.3, -0.25) is 4.90 Å². The van der Waals surface area contributed by atoms with E-state index in [2.05, 4.69) is 26.9 Å². The number of methoxy groups -OCH3 is 1. The van der Waals surface area contributed by atoms with Crippen LogP contribution in [0.4, 0.5) is 0 Å². The van der Waals surface area contributed by atoms with E-state index in [9.17, 15) is 0 Å². The Kier molecular flexibility index (Phi) is 4.40. The first-order valence-corrected chi connectivity index (χ1v) is 8.09. The van der Waals surface area contributed by atoms with Crippen LogP contribution >= 0.6 is 11.8 Å². The third-order valence-electron chi connectivity index (χ3n) is 3.59. The molecule has 112 valence electrons. The zero-order chi connectivity index (χ0) is 14.7. The Bertz CT molecular complexity index is 598. The fourth-order valence-corrected chi connectivity index (χ4v) is 3.23. The molecule has 0 saturated carbocycles. The van der Waals surface area contributed by atoms with Crippen LogP contribution in [0, 0.1) is 0 Å². The number of pyridine rings is 1. The van der Waals surface area contributed by atoms with Crippen molar-refractivity contribution in [3.05, 3.63) is 24.2 Å². The molecule has 3 heterocycles. The Labute approximate surface area is 127 Å². The highest BCUT2D eigenvalue weighted by Gasteiger charge is 2.23. The van der Waals surface area contributed by atoms with Gasteiger partial charge in [0.25, 0.3) is 0 Å². The van der Waals surface area contributed by atoms with Crippen molar-refractivity contribution < 1.29 is 9.26 Å². The van der Waals surface area contributed by atoms with Crippen LogP contribution in [0.1, 0.15) is 18.9 Å². The first-order valence-electron chi connectivity index (χ1n) is 6.94. The van der Waals surface area contributed by atoms with Gasteiger partial charge in [-0.25, -0.2) is 4.98 Å². The average molecular weight is 306 g/mol. The van der Waals surface area contributed by atoms with Crippen LogP contribution in [0.5, 0.6) is 5.88 Å². The van der Waals surface area contributed by atoms with Gasteiger partial charge in [0.15, 0.2) is 0 Å². The molecule has 0 N–H and O–H groups in total. The molecule has 1 aliphatic heterocycles. The van der Waals surface area contributed by atoms with Gasteiger partial charge < -0.3 is 9.26 Å². The van der Waals surface area contributed by atoms with Gasteiger partial charge in [0.1, 0.15) is 0 Å². The molecular formula is C14H18N4O2S. The van der Waals surface area contributed by atoms with Crippen LogP contribution in [-0.2, 0) is 0 Å². The van der Waals surface area contributed by atoms with E-state index in [1.165, 1.54) is 0 Å². The van der Waals surface area contributed by atoms with Crippen molar-refractivity contribution in [3.8, 4) is 17.3 Å². The summed E-state index contributed by atoms with van der Waals surface area (Å²) in [4.78, 5) is 11.0. The Balaban J connectivity index is 1.78. The molecular weight excluding hydrogens is 288 g/mol. The summed E-state index contributed by atoms with van der Waals surface area (Å²) in [6, 6.07) is 3.80. The highest BCUT2D eigenvalue weighted by atomic mass is 32.2. The SMILES string of the molecule is COc1cc(-c2noc([C@H](C)N3CCSCC3)n2)ccn1. The maximum absolute atomic E-state index is 5.44. The molecule has 7 heteroatoms. The molecule has 0 aliphatic carbocycles. The lowest BCUT2D eigenvalue weighted by molar-refractivity contribution is 0.189. The largest absolute Gasteiger partial charge is 0.481 e. The quantitative estimate of drug-likeness (QED) is 0.858. The zero-order valence-electron chi connectivity index (χ0n) is 12.2. The minimum absolute atomic E-state index is 0.149. The van der Waals surface area contributed by atoms with Gasteiger partial charge in [0, 0.05) is 42.4 Å². The third kappa shape index (κ3) is 3.19. The highest BCUT2D eigenvalue weighted by molar-refractivity contribution is 7.99. The topological polar surface area (TPSA) is 64.3 Å². The normalized spacial score (nSPS) is 17.6. The lowest BCUT2D eigenvalue weighted by atomic mass is 10.2. The molecule has 2 aromatic heterocycles. The molecule has 0 radical (unpaired) electrons. The third-order valence-corrected chi connectivity index (χ3v) is 4.54. The molecule has 1 fully saturated rings. The monoisotopic (exact) mass is 306 g/mol. The van der Waals surface area contributed by atoms with E-state index in [1.807, 2.05) is 17.8 Å². The molecule has 6 nitrogen and oxygen atoms in total. The zero-order valence-corrected chi connectivity index (χ0v) is 13.0. The first-order chi connectivity index (χ1) is 10.3. The maximum atomic E-state index is 5.44. The maximum Gasteiger partial charge on any atom is 0.244 e. The second-order valence-corrected chi connectivity index (χ2v) is 6.09. The minimum Gasteiger partial charge on any atom is -0.481 e. The van der Waals surface area contributed by atoms with E-state index in [0.717, 1.165) is 30.2 Å². The average Bonchev–Trinajstić information content (AvgIpc) is 3.05. The Morgan fingerprint density at radius 1 is 1.38 bits per heavy atom. The summed E-state index contributed by atoms with van der Waals surface area (Å²) in [6.45, 7) is 4.24. The van der Waals surface area contributed by atoms with Gasteiger partial charge in [-0.05, 0) is 13.0 Å². The second-order valence-electron chi connectivity index (χ2n) is 4.87. The molecule has 1 aliphatic rings. The highest BCUT2D eigenvalue weighted by Crippen LogP contribution is 2.25. The Morgan fingerprint density at radius 2 is 2.19 bits per heavy atom. The van der Waals surface area contributed by atoms with Crippen molar-refractivity contribution >= 4 is 11.8 Å². The fourth-order valence-electron chi connectivity index (χ4n) is 2.30. The Morgan fingerprint density at radius 3 is 2.95 bits per heavy atom. The summed E-state index contributed by atoms with van der Waals surface area (Å²) in [5, 5.41) is 4.08. The summed E-state index contributed by atoms with van der Waals surface area (Å²) in [5.74, 6) is 4.09. The lowest BCUT2D eigenvalue weighted by Crippen LogP contribution is -2.34. The summed E-state index contributed by atoms with van der Waals surface area (Å²) in [7, 11) is 1.59. The summed E-state index contributed by atoms with van der Waals surface area (Å²) < 4.78 is 10.6. The van der Waals surface area contributed by atoms with Crippen LogP contribution in [-0.4, -0.2) is 51.7 Å². The molecule has 0 unspecified atom stereocenters. The second kappa shape index (κ2) is 6.44. The van der Waals surface area contributed by atoms with Crippen molar-refractivity contribution in [3.63, 3.8) is 0 Å². The van der Waals surface area contributed by atoms with Crippen molar-refractivity contribution in [1.82, 2.24) is 20.0 Å². The molecule has 0 bridgehead atoms. The van der Waals surface area contributed by atoms with E-state index in [-0.39, 0.29) is 6.04 Å². The van der Waals surface area contributed by atoms with E-state index in [4.69, 9.17) is 9.26 Å².